The van der Waals surface area contributed by atoms with E-state index in [1.807, 2.05) is 66.9 Å². The van der Waals surface area contributed by atoms with E-state index in [0.717, 1.165) is 55.4 Å². The molecule has 0 amide bonds. The molecule has 3 aromatic carbocycles. The smallest absolute Gasteiger partial charge is 0.182 e. The van der Waals surface area contributed by atoms with Crippen molar-refractivity contribution in [2.75, 3.05) is 0 Å². The van der Waals surface area contributed by atoms with E-state index < -0.39 is 5.41 Å². The Balaban J connectivity index is 1.39. The molecule has 0 atom stereocenters. The number of para-hydroxylation sites is 1. The summed E-state index contributed by atoms with van der Waals surface area (Å²) in [5.74, 6) is 1.61. The molecule has 0 radical (unpaired) electrons. The molecule has 1 aliphatic rings. The van der Waals surface area contributed by atoms with Gasteiger partial charge in [0.25, 0.3) is 0 Å². The first-order valence-electron chi connectivity index (χ1n) is 13.3. The van der Waals surface area contributed by atoms with Gasteiger partial charge in [0.1, 0.15) is 22.6 Å². The fourth-order valence-electron chi connectivity index (χ4n) is 6.06. The van der Waals surface area contributed by atoms with Gasteiger partial charge < -0.3 is 4.42 Å². The molecule has 40 heavy (non-hydrogen) atoms. The van der Waals surface area contributed by atoms with Crippen LogP contribution < -0.4 is 0 Å². The Morgan fingerprint density at radius 3 is 2.17 bits per heavy atom. The van der Waals surface area contributed by atoms with Crippen LogP contribution in [0.1, 0.15) is 25.0 Å². The Bertz CT molecular complexity index is 2020. The van der Waals surface area contributed by atoms with Crippen LogP contribution >= 0.6 is 0 Å². The van der Waals surface area contributed by atoms with Crippen LogP contribution in [0.25, 0.3) is 67.5 Å². The quantitative estimate of drug-likeness (QED) is 0.237. The summed E-state index contributed by atoms with van der Waals surface area (Å²) in [6.07, 6.45) is 3.59. The zero-order valence-electron chi connectivity index (χ0n) is 22.0. The zero-order chi connectivity index (χ0) is 26.8. The van der Waals surface area contributed by atoms with Crippen LogP contribution in [0.5, 0.6) is 0 Å². The highest BCUT2D eigenvalue weighted by molar-refractivity contribution is 6.09. The molecule has 0 aliphatic heterocycles. The Labute approximate surface area is 230 Å². The summed E-state index contributed by atoms with van der Waals surface area (Å²) >= 11 is 0. The van der Waals surface area contributed by atoms with Crippen molar-refractivity contribution in [3.05, 3.63) is 115 Å². The SMILES string of the molecule is CC1(C)c2c(ccnc2-c2nc(-c3ccccc3)nc(-c3ccccn3)n2)-c2ccc3c(oc4ccccc43)c21. The molecule has 6 heteroatoms. The van der Waals surface area contributed by atoms with Gasteiger partial charge in [-0.15, -0.1) is 0 Å². The standard InChI is InChI=1S/C34H23N5O/c1-34(2)27-23(22-15-16-24-21-12-6-7-14-26(21)40-30(24)28(22)34)17-19-36-29(27)33-38-31(20-10-4-3-5-11-20)37-32(39-33)25-13-8-9-18-35-25/h3-19H,1-2H3. The maximum atomic E-state index is 6.49. The predicted molar refractivity (Wildman–Crippen MR) is 157 cm³/mol. The summed E-state index contributed by atoms with van der Waals surface area (Å²) in [7, 11) is 0. The minimum atomic E-state index is -0.410. The van der Waals surface area contributed by atoms with E-state index >= 15 is 0 Å². The molecule has 7 aromatic rings. The molecule has 1 aliphatic carbocycles. The van der Waals surface area contributed by atoms with Gasteiger partial charge in [-0.25, -0.2) is 15.0 Å². The molecule has 8 rings (SSSR count). The Morgan fingerprint density at radius 1 is 0.575 bits per heavy atom. The third-order valence-electron chi connectivity index (χ3n) is 7.81. The Kier molecular flexibility index (Phi) is 4.76. The van der Waals surface area contributed by atoms with Crippen LogP contribution in [0.15, 0.2) is 108 Å². The van der Waals surface area contributed by atoms with Crippen molar-refractivity contribution in [3.8, 4) is 45.6 Å². The number of hydrogen-bond acceptors (Lipinski definition) is 6. The van der Waals surface area contributed by atoms with Crippen molar-refractivity contribution in [1.82, 2.24) is 24.9 Å². The normalized spacial score (nSPS) is 13.4. The van der Waals surface area contributed by atoms with Crippen molar-refractivity contribution >= 4 is 21.9 Å². The molecule has 0 bridgehead atoms. The molecule has 4 aromatic heterocycles. The number of furan rings is 1. The third-order valence-corrected chi connectivity index (χ3v) is 7.81. The molecule has 0 fully saturated rings. The zero-order valence-corrected chi connectivity index (χ0v) is 22.0. The number of aromatic nitrogens is 5. The predicted octanol–water partition coefficient (Wildman–Crippen LogP) is 7.87. The van der Waals surface area contributed by atoms with Gasteiger partial charge in [0.2, 0.25) is 0 Å². The Hall–Kier alpha value is -5.23. The maximum absolute atomic E-state index is 6.49. The minimum Gasteiger partial charge on any atom is -0.456 e. The lowest BCUT2D eigenvalue weighted by atomic mass is 9.80. The number of benzene rings is 3. The number of pyridine rings is 2. The van der Waals surface area contributed by atoms with Crippen molar-refractivity contribution in [2.45, 2.75) is 19.3 Å². The number of fused-ring (bicyclic) bond motifs is 7. The summed E-state index contributed by atoms with van der Waals surface area (Å²) in [6.45, 7) is 4.46. The first kappa shape index (κ1) is 22.7. The molecule has 0 spiro atoms. The van der Waals surface area contributed by atoms with E-state index in [1.165, 1.54) is 0 Å². The minimum absolute atomic E-state index is 0.410. The lowest BCUT2D eigenvalue weighted by Crippen LogP contribution is -2.18. The van der Waals surface area contributed by atoms with Crippen LogP contribution in [-0.4, -0.2) is 24.9 Å². The van der Waals surface area contributed by atoms with Gasteiger partial charge in [0.15, 0.2) is 17.5 Å². The summed E-state index contributed by atoms with van der Waals surface area (Å²) in [5, 5.41) is 2.24. The van der Waals surface area contributed by atoms with Crippen LogP contribution in [0.2, 0.25) is 0 Å². The number of rotatable bonds is 3. The van der Waals surface area contributed by atoms with Crippen molar-refractivity contribution in [2.24, 2.45) is 0 Å². The lowest BCUT2D eigenvalue weighted by molar-refractivity contribution is 0.619. The molecule has 0 saturated carbocycles. The van der Waals surface area contributed by atoms with Gasteiger partial charge in [-0.2, -0.15) is 0 Å². The maximum Gasteiger partial charge on any atom is 0.182 e. The van der Waals surface area contributed by atoms with Crippen molar-refractivity contribution < 1.29 is 4.42 Å². The highest BCUT2D eigenvalue weighted by atomic mass is 16.3. The second kappa shape index (κ2) is 8.38. The molecule has 0 N–H and O–H groups in total. The largest absolute Gasteiger partial charge is 0.456 e. The van der Waals surface area contributed by atoms with E-state index in [1.54, 1.807) is 6.20 Å². The molecule has 0 unspecified atom stereocenters. The fourth-order valence-corrected chi connectivity index (χ4v) is 6.06. The second-order valence-corrected chi connectivity index (χ2v) is 10.6. The summed E-state index contributed by atoms with van der Waals surface area (Å²) in [6, 6.07) is 30.3. The van der Waals surface area contributed by atoms with E-state index in [9.17, 15) is 0 Å². The summed E-state index contributed by atoms with van der Waals surface area (Å²) < 4.78 is 6.49. The average molecular weight is 518 g/mol. The second-order valence-electron chi connectivity index (χ2n) is 10.6. The highest BCUT2D eigenvalue weighted by Crippen LogP contribution is 2.54. The van der Waals surface area contributed by atoms with Gasteiger partial charge >= 0.3 is 0 Å². The van der Waals surface area contributed by atoms with Gasteiger partial charge in [-0.3, -0.25) is 9.97 Å². The molecule has 0 saturated heterocycles. The van der Waals surface area contributed by atoms with Crippen LogP contribution in [-0.2, 0) is 5.41 Å². The molecular formula is C34H23N5O. The number of nitrogens with zero attached hydrogens (tertiary/aromatic N) is 5. The Morgan fingerprint density at radius 2 is 1.32 bits per heavy atom. The molecule has 4 heterocycles. The van der Waals surface area contributed by atoms with E-state index in [-0.39, 0.29) is 0 Å². The molecule has 190 valence electrons. The van der Waals surface area contributed by atoms with Crippen molar-refractivity contribution in [1.29, 1.82) is 0 Å². The van der Waals surface area contributed by atoms with Gasteiger partial charge in [0.05, 0.1) is 0 Å². The lowest BCUT2D eigenvalue weighted by Gasteiger charge is -2.23. The summed E-state index contributed by atoms with van der Waals surface area (Å²) in [4.78, 5) is 24.1. The average Bonchev–Trinajstić information content (AvgIpc) is 3.50. The van der Waals surface area contributed by atoms with Gasteiger partial charge in [0, 0.05) is 39.7 Å². The van der Waals surface area contributed by atoms with E-state index in [4.69, 9.17) is 24.4 Å². The first-order valence-corrected chi connectivity index (χ1v) is 13.3. The third kappa shape index (κ3) is 3.26. The van der Waals surface area contributed by atoms with Crippen LogP contribution in [0, 0.1) is 0 Å². The van der Waals surface area contributed by atoms with E-state index in [2.05, 4.69) is 49.2 Å². The topological polar surface area (TPSA) is 77.6 Å². The van der Waals surface area contributed by atoms with Crippen molar-refractivity contribution in [3.63, 3.8) is 0 Å². The number of hydrogen-bond donors (Lipinski definition) is 0. The fraction of sp³-hybridized carbons (Fsp3) is 0.0882. The first-order chi connectivity index (χ1) is 19.6. The molecule has 6 nitrogen and oxygen atoms in total. The molecular weight excluding hydrogens is 494 g/mol. The highest BCUT2D eigenvalue weighted by Gasteiger charge is 2.41. The van der Waals surface area contributed by atoms with Gasteiger partial charge in [-0.1, -0.05) is 74.5 Å². The van der Waals surface area contributed by atoms with Crippen LogP contribution in [0.4, 0.5) is 0 Å². The van der Waals surface area contributed by atoms with E-state index in [0.29, 0.717) is 23.2 Å². The summed E-state index contributed by atoms with van der Waals surface area (Å²) in [5.41, 5.74) is 8.23. The van der Waals surface area contributed by atoms with Crippen LogP contribution in [0.3, 0.4) is 0 Å². The van der Waals surface area contributed by atoms with Gasteiger partial charge in [-0.05, 0) is 47.0 Å². The monoisotopic (exact) mass is 517 g/mol.